The molecule has 2 unspecified atom stereocenters. The number of hydrogen-bond donors (Lipinski definition) is 3. The van der Waals surface area contributed by atoms with E-state index in [1.165, 1.54) is 35.0 Å². The number of nitrogens with zero attached hydrogens (tertiary/aromatic N) is 3. The number of hydrogen-bond acceptors (Lipinski definition) is 7. The van der Waals surface area contributed by atoms with Crippen LogP contribution in [0.5, 0.6) is 5.75 Å². The molecular weight excluding hydrogens is 416 g/mol. The molecule has 0 spiro atoms. The quantitative estimate of drug-likeness (QED) is 0.342. The molecule has 2 aromatic carbocycles. The van der Waals surface area contributed by atoms with E-state index in [1.54, 1.807) is 6.20 Å². The van der Waals surface area contributed by atoms with Gasteiger partial charge in [0.15, 0.2) is 6.73 Å². The number of nitro benzene ring substituents is 1. The Labute approximate surface area is 184 Å². The molecule has 0 saturated heterocycles. The second kappa shape index (κ2) is 10.0. The fourth-order valence-electron chi connectivity index (χ4n) is 3.20. The van der Waals surface area contributed by atoms with Crippen LogP contribution in [0.1, 0.15) is 33.3 Å². The number of rotatable bonds is 9. The van der Waals surface area contributed by atoms with Gasteiger partial charge in [0.25, 0.3) is 11.6 Å². The van der Waals surface area contributed by atoms with Crippen LogP contribution in [0.15, 0.2) is 54.7 Å². The fraction of sp³-hybridized carbons (Fsp3) is 0.273. The van der Waals surface area contributed by atoms with Gasteiger partial charge in [-0.15, -0.1) is 0 Å². The third-order valence-corrected chi connectivity index (χ3v) is 4.77. The van der Waals surface area contributed by atoms with Crippen LogP contribution in [-0.2, 0) is 6.73 Å². The third-order valence-electron chi connectivity index (χ3n) is 4.77. The van der Waals surface area contributed by atoms with Gasteiger partial charge in [-0.3, -0.25) is 14.9 Å². The van der Waals surface area contributed by atoms with Gasteiger partial charge in [0.1, 0.15) is 17.5 Å². The summed E-state index contributed by atoms with van der Waals surface area (Å²) in [5, 5.41) is 37.6. The lowest BCUT2D eigenvalue weighted by molar-refractivity contribution is -0.384. The maximum Gasteiger partial charge on any atom is 0.272 e. The van der Waals surface area contributed by atoms with Crippen LogP contribution < -0.4 is 10.1 Å². The number of non-ortho nitro benzene ring substituents is 1. The number of nitro groups is 1. The number of ether oxygens (including phenoxy) is 1. The number of nitrogens with one attached hydrogen (secondary N) is 1. The Morgan fingerprint density at radius 3 is 2.44 bits per heavy atom. The number of carbonyl (C=O) groups excluding carboxylic acids is 1. The van der Waals surface area contributed by atoms with Crippen LogP contribution in [0, 0.1) is 24.0 Å². The van der Waals surface area contributed by atoms with E-state index in [4.69, 9.17) is 4.74 Å². The SMILES string of the molecule is Cc1cc(C)cc(OCn2ccc(C(=O)NC(CO)C(O)c3ccc([N+](=O)[O-])cc3)n2)c1. The van der Waals surface area contributed by atoms with Gasteiger partial charge >= 0.3 is 0 Å². The highest BCUT2D eigenvalue weighted by molar-refractivity contribution is 5.92. The van der Waals surface area contributed by atoms with Crippen molar-refractivity contribution in [3.05, 3.63) is 87.2 Å². The molecule has 0 aliphatic heterocycles. The molecule has 3 rings (SSSR count). The minimum absolute atomic E-state index is 0.0865. The summed E-state index contributed by atoms with van der Waals surface area (Å²) in [5.74, 6) is 0.103. The minimum atomic E-state index is -1.26. The summed E-state index contributed by atoms with van der Waals surface area (Å²) < 4.78 is 7.16. The maximum atomic E-state index is 12.5. The molecule has 0 saturated carbocycles. The fourth-order valence-corrected chi connectivity index (χ4v) is 3.20. The van der Waals surface area contributed by atoms with Crippen molar-refractivity contribution in [2.75, 3.05) is 6.61 Å². The van der Waals surface area contributed by atoms with Gasteiger partial charge in [-0.1, -0.05) is 6.07 Å². The first kappa shape index (κ1) is 22.9. The van der Waals surface area contributed by atoms with E-state index in [1.807, 2.05) is 32.0 Å². The van der Waals surface area contributed by atoms with E-state index >= 15 is 0 Å². The summed E-state index contributed by atoms with van der Waals surface area (Å²) in [6, 6.07) is 11.5. The second-order valence-corrected chi connectivity index (χ2v) is 7.39. The average Bonchev–Trinajstić information content (AvgIpc) is 3.24. The van der Waals surface area contributed by atoms with Crippen molar-refractivity contribution in [2.24, 2.45) is 0 Å². The number of aliphatic hydroxyl groups is 2. The smallest absolute Gasteiger partial charge is 0.272 e. The van der Waals surface area contributed by atoms with Gasteiger partial charge in [-0.25, -0.2) is 4.68 Å². The average molecular weight is 440 g/mol. The summed E-state index contributed by atoms with van der Waals surface area (Å²) in [6.45, 7) is 3.50. The van der Waals surface area contributed by atoms with Crippen molar-refractivity contribution in [1.82, 2.24) is 15.1 Å². The molecule has 3 aromatic rings. The van der Waals surface area contributed by atoms with Crippen LogP contribution in [0.4, 0.5) is 5.69 Å². The normalized spacial score (nSPS) is 12.8. The zero-order valence-corrected chi connectivity index (χ0v) is 17.6. The van der Waals surface area contributed by atoms with Crippen molar-refractivity contribution < 1.29 is 24.7 Å². The maximum absolute atomic E-state index is 12.5. The lowest BCUT2D eigenvalue weighted by Crippen LogP contribution is -2.42. The molecule has 2 atom stereocenters. The van der Waals surface area contributed by atoms with Gasteiger partial charge in [0, 0.05) is 18.3 Å². The van der Waals surface area contributed by atoms with E-state index in [-0.39, 0.29) is 18.1 Å². The van der Waals surface area contributed by atoms with Crippen molar-refractivity contribution in [3.8, 4) is 5.75 Å². The predicted octanol–water partition coefficient (Wildman–Crippen LogP) is 2.27. The zero-order chi connectivity index (χ0) is 23.3. The van der Waals surface area contributed by atoms with Gasteiger partial charge in [-0.2, -0.15) is 5.10 Å². The highest BCUT2D eigenvalue weighted by Crippen LogP contribution is 2.21. The summed E-state index contributed by atoms with van der Waals surface area (Å²) in [7, 11) is 0. The highest BCUT2D eigenvalue weighted by atomic mass is 16.6. The van der Waals surface area contributed by atoms with Crippen LogP contribution >= 0.6 is 0 Å². The molecule has 168 valence electrons. The molecule has 0 radical (unpaired) electrons. The van der Waals surface area contributed by atoms with Crippen LogP contribution in [0.2, 0.25) is 0 Å². The van der Waals surface area contributed by atoms with Crippen LogP contribution in [0.25, 0.3) is 0 Å². The Balaban J connectivity index is 1.61. The lowest BCUT2D eigenvalue weighted by atomic mass is 10.0. The molecule has 0 aliphatic rings. The topological polar surface area (TPSA) is 140 Å². The van der Waals surface area contributed by atoms with E-state index in [0.717, 1.165) is 11.1 Å². The number of aromatic nitrogens is 2. The van der Waals surface area contributed by atoms with Crippen molar-refractivity contribution >= 4 is 11.6 Å². The summed E-state index contributed by atoms with van der Waals surface area (Å²) >= 11 is 0. The molecule has 3 N–H and O–H groups in total. The van der Waals surface area contributed by atoms with Crippen molar-refractivity contribution in [1.29, 1.82) is 0 Å². The highest BCUT2D eigenvalue weighted by Gasteiger charge is 2.24. The zero-order valence-electron chi connectivity index (χ0n) is 17.6. The summed E-state index contributed by atoms with van der Waals surface area (Å²) in [4.78, 5) is 22.7. The van der Waals surface area contributed by atoms with Gasteiger partial charge < -0.3 is 20.3 Å². The van der Waals surface area contributed by atoms with E-state index in [0.29, 0.717) is 11.3 Å². The Hall–Kier alpha value is -3.76. The Bertz CT molecular complexity index is 1080. The van der Waals surface area contributed by atoms with E-state index < -0.39 is 29.6 Å². The number of carbonyl (C=O) groups is 1. The number of benzene rings is 2. The molecule has 10 nitrogen and oxygen atoms in total. The van der Waals surface area contributed by atoms with Crippen molar-refractivity contribution in [3.63, 3.8) is 0 Å². The first-order chi connectivity index (χ1) is 15.3. The number of amides is 1. The lowest BCUT2D eigenvalue weighted by Gasteiger charge is -2.22. The molecule has 10 heteroatoms. The minimum Gasteiger partial charge on any atom is -0.471 e. The van der Waals surface area contributed by atoms with Gasteiger partial charge in [-0.05, 0) is 60.9 Å². The van der Waals surface area contributed by atoms with E-state index in [2.05, 4.69) is 10.4 Å². The van der Waals surface area contributed by atoms with E-state index in [9.17, 15) is 25.1 Å². The van der Waals surface area contributed by atoms with Crippen LogP contribution in [0.3, 0.4) is 0 Å². The van der Waals surface area contributed by atoms with Gasteiger partial charge in [0.2, 0.25) is 0 Å². The van der Waals surface area contributed by atoms with Crippen LogP contribution in [-0.4, -0.2) is 43.5 Å². The molecule has 0 bridgehead atoms. The molecule has 1 amide bonds. The number of aliphatic hydroxyl groups excluding tert-OH is 2. The second-order valence-electron chi connectivity index (χ2n) is 7.39. The standard InChI is InChI=1S/C22H24N4O6/c1-14-9-15(2)11-18(10-14)32-13-25-8-7-19(24-25)22(29)23-20(12-27)21(28)16-3-5-17(6-4-16)26(30)31/h3-11,20-21,27-28H,12-13H2,1-2H3,(H,23,29). The van der Waals surface area contributed by atoms with Crippen molar-refractivity contribution in [2.45, 2.75) is 32.7 Å². The Morgan fingerprint density at radius 1 is 1.19 bits per heavy atom. The molecule has 32 heavy (non-hydrogen) atoms. The largest absolute Gasteiger partial charge is 0.471 e. The Kier molecular flexibility index (Phi) is 7.18. The molecular formula is C22H24N4O6. The third kappa shape index (κ3) is 5.68. The molecule has 0 aliphatic carbocycles. The molecule has 1 heterocycles. The predicted molar refractivity (Wildman–Crippen MR) is 115 cm³/mol. The Morgan fingerprint density at radius 2 is 1.84 bits per heavy atom. The first-order valence-corrected chi connectivity index (χ1v) is 9.85. The number of aryl methyl sites for hydroxylation is 2. The molecule has 0 fully saturated rings. The monoisotopic (exact) mass is 440 g/mol. The first-order valence-electron chi connectivity index (χ1n) is 9.85. The summed E-state index contributed by atoms with van der Waals surface area (Å²) in [5.41, 5.74) is 2.43. The molecule has 1 aromatic heterocycles. The van der Waals surface area contributed by atoms with Gasteiger partial charge in [0.05, 0.1) is 17.6 Å². The summed E-state index contributed by atoms with van der Waals surface area (Å²) in [6.07, 6.45) is 0.317.